The summed E-state index contributed by atoms with van der Waals surface area (Å²) in [5.41, 5.74) is -0.361. The lowest BCUT2D eigenvalue weighted by molar-refractivity contribution is -0.137. The van der Waals surface area contributed by atoms with E-state index in [0.29, 0.717) is 0 Å². The summed E-state index contributed by atoms with van der Waals surface area (Å²) in [4.78, 5) is 40.5. The predicted octanol–water partition coefficient (Wildman–Crippen LogP) is 4.81. The standard InChI is InChI=1S/C27H24F3N3O3/c1-18(23(34)31-22-14-12-21(13-15-22)27(28,29)30)33-24(35)26(32-25(33)36,16-19-8-4-2-5-9-19)17-20-10-6-3-7-11-20/h2-15,18H,16-17H2,1H3,(H,31,34)(H,32,36)/t18-/m0/s1. The molecular formula is C27H24F3N3O3. The van der Waals surface area contributed by atoms with Gasteiger partial charge in [-0.2, -0.15) is 13.2 Å². The molecule has 1 aliphatic heterocycles. The van der Waals surface area contributed by atoms with Gasteiger partial charge in [0, 0.05) is 18.5 Å². The van der Waals surface area contributed by atoms with Crippen LogP contribution < -0.4 is 10.6 Å². The average molecular weight is 496 g/mol. The Bertz CT molecular complexity index is 1200. The molecule has 0 unspecified atom stereocenters. The number of carbonyl (C=O) groups is 3. The summed E-state index contributed by atoms with van der Waals surface area (Å²) in [5, 5.41) is 5.31. The van der Waals surface area contributed by atoms with Crippen LogP contribution in [0.2, 0.25) is 0 Å². The summed E-state index contributed by atoms with van der Waals surface area (Å²) >= 11 is 0. The molecule has 3 aromatic rings. The van der Waals surface area contributed by atoms with E-state index < -0.39 is 41.2 Å². The molecule has 6 nitrogen and oxygen atoms in total. The second-order valence-electron chi connectivity index (χ2n) is 8.75. The maximum Gasteiger partial charge on any atom is 0.416 e. The molecule has 0 bridgehead atoms. The molecule has 2 N–H and O–H groups in total. The van der Waals surface area contributed by atoms with Crippen molar-refractivity contribution in [2.45, 2.75) is 37.5 Å². The van der Waals surface area contributed by atoms with Gasteiger partial charge in [0.15, 0.2) is 0 Å². The van der Waals surface area contributed by atoms with Crippen molar-refractivity contribution in [2.24, 2.45) is 0 Å². The highest BCUT2D eigenvalue weighted by Crippen LogP contribution is 2.31. The van der Waals surface area contributed by atoms with Crippen LogP contribution in [0.25, 0.3) is 0 Å². The molecule has 0 radical (unpaired) electrons. The maximum atomic E-state index is 13.7. The second-order valence-corrected chi connectivity index (χ2v) is 8.75. The number of carbonyl (C=O) groups excluding carboxylic acids is 3. The SMILES string of the molecule is C[C@@H](C(=O)Nc1ccc(C(F)(F)F)cc1)N1C(=O)NC(Cc2ccccc2)(Cc2ccccc2)C1=O. The number of alkyl halides is 3. The van der Waals surface area contributed by atoms with Crippen molar-refractivity contribution >= 4 is 23.5 Å². The van der Waals surface area contributed by atoms with Gasteiger partial charge in [0.05, 0.1) is 5.56 Å². The molecule has 0 spiro atoms. The van der Waals surface area contributed by atoms with Gasteiger partial charge < -0.3 is 10.6 Å². The van der Waals surface area contributed by atoms with Gasteiger partial charge in [0.25, 0.3) is 5.91 Å². The van der Waals surface area contributed by atoms with E-state index in [4.69, 9.17) is 0 Å². The molecule has 1 saturated heterocycles. The zero-order valence-corrected chi connectivity index (χ0v) is 19.4. The Hall–Kier alpha value is -4.14. The van der Waals surface area contributed by atoms with Gasteiger partial charge in [-0.05, 0) is 42.3 Å². The summed E-state index contributed by atoms with van der Waals surface area (Å²) in [6.07, 6.45) is -4.06. The van der Waals surface area contributed by atoms with Crippen molar-refractivity contribution in [2.75, 3.05) is 5.32 Å². The molecule has 0 saturated carbocycles. The number of imide groups is 1. The number of hydrogen-bond donors (Lipinski definition) is 2. The van der Waals surface area contributed by atoms with Gasteiger partial charge in [-0.3, -0.25) is 9.59 Å². The van der Waals surface area contributed by atoms with Gasteiger partial charge in [-0.25, -0.2) is 9.69 Å². The molecule has 1 fully saturated rings. The van der Waals surface area contributed by atoms with Crippen LogP contribution >= 0.6 is 0 Å². The molecule has 0 aliphatic carbocycles. The fourth-order valence-corrected chi connectivity index (χ4v) is 4.29. The Morgan fingerprint density at radius 3 is 1.86 bits per heavy atom. The van der Waals surface area contributed by atoms with Gasteiger partial charge >= 0.3 is 12.2 Å². The molecule has 4 rings (SSSR count). The van der Waals surface area contributed by atoms with Crippen LogP contribution in [0.15, 0.2) is 84.9 Å². The van der Waals surface area contributed by atoms with E-state index in [-0.39, 0.29) is 18.5 Å². The van der Waals surface area contributed by atoms with Crippen molar-refractivity contribution in [1.29, 1.82) is 0 Å². The van der Waals surface area contributed by atoms with E-state index >= 15 is 0 Å². The van der Waals surface area contributed by atoms with Crippen molar-refractivity contribution in [3.8, 4) is 0 Å². The predicted molar refractivity (Wildman–Crippen MR) is 128 cm³/mol. The fraction of sp³-hybridized carbons (Fsp3) is 0.222. The van der Waals surface area contributed by atoms with Crippen LogP contribution in [0.3, 0.4) is 0 Å². The Kier molecular flexibility index (Phi) is 6.83. The molecule has 4 amide bonds. The first-order valence-electron chi connectivity index (χ1n) is 11.3. The molecule has 9 heteroatoms. The van der Waals surface area contributed by atoms with Crippen LogP contribution in [-0.4, -0.2) is 34.3 Å². The van der Waals surface area contributed by atoms with Gasteiger partial charge in [-0.15, -0.1) is 0 Å². The van der Waals surface area contributed by atoms with Crippen molar-refractivity contribution in [1.82, 2.24) is 10.2 Å². The monoisotopic (exact) mass is 495 g/mol. The number of rotatable bonds is 7. The largest absolute Gasteiger partial charge is 0.416 e. The summed E-state index contributed by atoms with van der Waals surface area (Å²) in [7, 11) is 0. The van der Waals surface area contributed by atoms with Gasteiger partial charge in [0.2, 0.25) is 5.91 Å². The van der Waals surface area contributed by atoms with Crippen LogP contribution in [-0.2, 0) is 28.6 Å². The molecule has 36 heavy (non-hydrogen) atoms. The Labute approximate surface area is 206 Å². The van der Waals surface area contributed by atoms with Crippen LogP contribution in [0.4, 0.5) is 23.7 Å². The van der Waals surface area contributed by atoms with E-state index in [9.17, 15) is 27.6 Å². The first kappa shape index (κ1) is 25.0. The molecule has 186 valence electrons. The minimum atomic E-state index is -4.50. The lowest BCUT2D eigenvalue weighted by Crippen LogP contribution is -2.52. The minimum absolute atomic E-state index is 0.117. The number of nitrogens with one attached hydrogen (secondary N) is 2. The number of nitrogens with zero attached hydrogens (tertiary/aromatic N) is 1. The highest BCUT2D eigenvalue weighted by Gasteiger charge is 2.53. The smallest absolute Gasteiger partial charge is 0.324 e. The van der Waals surface area contributed by atoms with E-state index in [1.807, 2.05) is 60.7 Å². The van der Waals surface area contributed by atoms with E-state index in [0.717, 1.165) is 40.3 Å². The number of anilines is 1. The average Bonchev–Trinajstić information content (AvgIpc) is 3.08. The number of urea groups is 1. The topological polar surface area (TPSA) is 78.5 Å². The highest BCUT2D eigenvalue weighted by atomic mass is 19.4. The molecule has 1 atom stereocenters. The number of benzene rings is 3. The third-order valence-corrected chi connectivity index (χ3v) is 6.14. The number of hydrogen-bond acceptors (Lipinski definition) is 3. The summed E-state index contributed by atoms with van der Waals surface area (Å²) in [5.74, 6) is -1.25. The molecule has 0 aromatic heterocycles. The fourth-order valence-electron chi connectivity index (χ4n) is 4.29. The van der Waals surface area contributed by atoms with Crippen molar-refractivity contribution < 1.29 is 27.6 Å². The lowest BCUT2D eigenvalue weighted by atomic mass is 9.84. The highest BCUT2D eigenvalue weighted by molar-refractivity contribution is 6.11. The Morgan fingerprint density at radius 2 is 1.39 bits per heavy atom. The quantitative estimate of drug-likeness (QED) is 0.462. The second kappa shape index (κ2) is 9.85. The van der Waals surface area contributed by atoms with Crippen LogP contribution in [0.5, 0.6) is 0 Å². The molecule has 1 heterocycles. The van der Waals surface area contributed by atoms with Crippen molar-refractivity contribution in [3.63, 3.8) is 0 Å². The van der Waals surface area contributed by atoms with Crippen LogP contribution in [0.1, 0.15) is 23.6 Å². The number of amides is 4. The third kappa shape index (κ3) is 5.25. The third-order valence-electron chi connectivity index (χ3n) is 6.14. The van der Waals surface area contributed by atoms with Gasteiger partial charge in [-0.1, -0.05) is 60.7 Å². The zero-order chi connectivity index (χ0) is 25.9. The van der Waals surface area contributed by atoms with E-state index in [1.165, 1.54) is 6.92 Å². The normalized spacial score (nSPS) is 15.9. The summed E-state index contributed by atoms with van der Waals surface area (Å²) in [6.45, 7) is 1.40. The molecular weight excluding hydrogens is 471 g/mol. The van der Waals surface area contributed by atoms with E-state index in [2.05, 4.69) is 10.6 Å². The first-order valence-corrected chi connectivity index (χ1v) is 11.3. The van der Waals surface area contributed by atoms with Crippen molar-refractivity contribution in [3.05, 3.63) is 102 Å². The Balaban J connectivity index is 1.57. The Morgan fingerprint density at radius 1 is 0.889 bits per heavy atom. The summed E-state index contributed by atoms with van der Waals surface area (Å²) < 4.78 is 38.4. The van der Waals surface area contributed by atoms with Gasteiger partial charge in [0.1, 0.15) is 11.6 Å². The summed E-state index contributed by atoms with van der Waals surface area (Å²) in [6, 6.07) is 20.5. The van der Waals surface area contributed by atoms with E-state index in [1.54, 1.807) is 0 Å². The molecule has 1 aliphatic rings. The number of halogens is 3. The maximum absolute atomic E-state index is 13.7. The minimum Gasteiger partial charge on any atom is -0.324 e. The van der Waals surface area contributed by atoms with Crippen LogP contribution in [0, 0.1) is 0 Å². The lowest BCUT2D eigenvalue weighted by Gasteiger charge is -2.28. The molecule has 3 aromatic carbocycles. The zero-order valence-electron chi connectivity index (χ0n) is 19.4. The first-order chi connectivity index (χ1) is 17.1.